The summed E-state index contributed by atoms with van der Waals surface area (Å²) in [5, 5.41) is 6.63. The van der Waals surface area contributed by atoms with Crippen LogP contribution in [0.2, 0.25) is 5.02 Å². The van der Waals surface area contributed by atoms with Gasteiger partial charge in [0.25, 0.3) is 0 Å². The van der Waals surface area contributed by atoms with Crippen LogP contribution in [0.5, 0.6) is 0 Å². The number of ether oxygens (including phenoxy) is 1. The minimum absolute atomic E-state index is 0.307. The van der Waals surface area contributed by atoms with E-state index in [9.17, 15) is 4.79 Å². The predicted molar refractivity (Wildman–Crippen MR) is 113 cm³/mol. The molecule has 0 saturated carbocycles. The van der Waals surface area contributed by atoms with Crippen LogP contribution >= 0.6 is 11.6 Å². The van der Waals surface area contributed by atoms with Gasteiger partial charge in [0.15, 0.2) is 5.82 Å². The monoisotopic (exact) mass is 408 g/mol. The molecule has 0 atom stereocenters. The van der Waals surface area contributed by atoms with Crippen molar-refractivity contribution in [2.24, 2.45) is 0 Å². The largest absolute Gasteiger partial charge is 0.381 e. The van der Waals surface area contributed by atoms with Crippen molar-refractivity contribution >= 4 is 23.3 Å². The number of nitrogens with one attached hydrogen (secondary N) is 2. The number of aromatic nitrogens is 2. The van der Waals surface area contributed by atoms with Crippen molar-refractivity contribution < 1.29 is 9.53 Å². The molecule has 1 aliphatic rings. The first-order valence-electron chi connectivity index (χ1n) is 9.45. The van der Waals surface area contributed by atoms with Crippen LogP contribution in [0.4, 0.5) is 10.5 Å². The van der Waals surface area contributed by atoms with Crippen LogP contribution in [0.3, 0.4) is 0 Å². The van der Waals surface area contributed by atoms with Crippen molar-refractivity contribution in [3.63, 3.8) is 0 Å². The molecule has 0 spiro atoms. The molecule has 2 amide bonds. The molecule has 7 heteroatoms. The SMILES string of the molecule is O=C(Nc1cnc(-c2ccccc2)nc1)NC1(c2ccc(Cl)cc2)CCOCC1. The fourth-order valence-electron chi connectivity index (χ4n) is 3.48. The number of hydrogen-bond acceptors (Lipinski definition) is 4. The first-order chi connectivity index (χ1) is 14.1. The average Bonchev–Trinajstić information content (AvgIpc) is 2.76. The minimum Gasteiger partial charge on any atom is -0.381 e. The predicted octanol–water partition coefficient (Wildman–Crippen LogP) is 4.62. The molecule has 4 rings (SSSR count). The Labute approximate surface area is 174 Å². The van der Waals surface area contributed by atoms with Crippen molar-refractivity contribution in [2.45, 2.75) is 18.4 Å². The summed E-state index contributed by atoms with van der Waals surface area (Å²) < 4.78 is 5.51. The highest BCUT2D eigenvalue weighted by Gasteiger charge is 2.36. The molecule has 0 aliphatic carbocycles. The summed E-state index contributed by atoms with van der Waals surface area (Å²) in [6.45, 7) is 1.16. The Morgan fingerprint density at radius 3 is 2.28 bits per heavy atom. The lowest BCUT2D eigenvalue weighted by molar-refractivity contribution is 0.0418. The maximum absolute atomic E-state index is 12.7. The van der Waals surface area contributed by atoms with Crippen LogP contribution < -0.4 is 10.6 Å². The third-order valence-corrected chi connectivity index (χ3v) is 5.29. The number of amides is 2. The molecule has 2 aromatic carbocycles. The maximum Gasteiger partial charge on any atom is 0.320 e. The van der Waals surface area contributed by atoms with Crippen LogP contribution in [0, 0.1) is 0 Å². The topological polar surface area (TPSA) is 76.1 Å². The molecule has 3 aromatic rings. The zero-order valence-electron chi connectivity index (χ0n) is 15.8. The van der Waals surface area contributed by atoms with Gasteiger partial charge in [0.05, 0.1) is 23.6 Å². The van der Waals surface area contributed by atoms with Crippen LogP contribution in [-0.4, -0.2) is 29.2 Å². The van der Waals surface area contributed by atoms with Crippen molar-refractivity contribution in [3.05, 3.63) is 77.6 Å². The summed E-state index contributed by atoms with van der Waals surface area (Å²) in [6.07, 6.45) is 4.58. The molecule has 29 heavy (non-hydrogen) atoms. The van der Waals surface area contributed by atoms with E-state index < -0.39 is 5.54 Å². The number of anilines is 1. The number of carbonyl (C=O) groups is 1. The molecule has 6 nitrogen and oxygen atoms in total. The number of carbonyl (C=O) groups excluding carboxylic acids is 1. The van der Waals surface area contributed by atoms with E-state index in [0.29, 0.717) is 42.6 Å². The van der Waals surface area contributed by atoms with Gasteiger partial charge in [-0.15, -0.1) is 0 Å². The number of rotatable bonds is 4. The lowest BCUT2D eigenvalue weighted by atomic mass is 9.83. The van der Waals surface area contributed by atoms with E-state index in [-0.39, 0.29) is 6.03 Å². The zero-order chi connectivity index (χ0) is 20.1. The van der Waals surface area contributed by atoms with E-state index in [2.05, 4.69) is 20.6 Å². The van der Waals surface area contributed by atoms with E-state index >= 15 is 0 Å². The molecule has 0 bridgehead atoms. The summed E-state index contributed by atoms with van der Waals surface area (Å²) in [5.41, 5.74) is 1.96. The molecule has 1 aliphatic heterocycles. The number of halogens is 1. The molecule has 2 heterocycles. The molecule has 0 radical (unpaired) electrons. The lowest BCUT2D eigenvalue weighted by Crippen LogP contribution is -2.50. The Balaban J connectivity index is 1.47. The first-order valence-corrected chi connectivity index (χ1v) is 9.83. The Kier molecular flexibility index (Phi) is 5.74. The van der Waals surface area contributed by atoms with Crippen LogP contribution in [-0.2, 0) is 10.3 Å². The van der Waals surface area contributed by atoms with E-state index in [1.54, 1.807) is 12.4 Å². The number of nitrogens with zero attached hydrogens (tertiary/aromatic N) is 2. The zero-order valence-corrected chi connectivity index (χ0v) is 16.5. The highest BCUT2D eigenvalue weighted by Crippen LogP contribution is 2.33. The Hall–Kier alpha value is -2.96. The molecule has 1 aromatic heterocycles. The van der Waals surface area contributed by atoms with Crippen molar-refractivity contribution in [2.75, 3.05) is 18.5 Å². The fraction of sp³-hybridized carbons (Fsp3) is 0.227. The van der Waals surface area contributed by atoms with E-state index in [1.165, 1.54) is 0 Å². The Morgan fingerprint density at radius 2 is 1.62 bits per heavy atom. The van der Waals surface area contributed by atoms with Gasteiger partial charge in [0.1, 0.15) is 0 Å². The quantitative estimate of drug-likeness (QED) is 0.660. The van der Waals surface area contributed by atoms with Gasteiger partial charge in [-0.05, 0) is 30.5 Å². The van der Waals surface area contributed by atoms with E-state index in [4.69, 9.17) is 16.3 Å². The summed E-state index contributed by atoms with van der Waals surface area (Å²) in [5.74, 6) is 0.610. The second-order valence-corrected chi connectivity index (χ2v) is 7.38. The lowest BCUT2D eigenvalue weighted by Gasteiger charge is -2.38. The molecule has 2 N–H and O–H groups in total. The van der Waals surface area contributed by atoms with E-state index in [0.717, 1.165) is 11.1 Å². The second-order valence-electron chi connectivity index (χ2n) is 6.94. The maximum atomic E-state index is 12.7. The van der Waals surface area contributed by atoms with Gasteiger partial charge in [0.2, 0.25) is 0 Å². The van der Waals surface area contributed by atoms with Crippen molar-refractivity contribution in [1.82, 2.24) is 15.3 Å². The van der Waals surface area contributed by atoms with Crippen LogP contribution in [0.1, 0.15) is 18.4 Å². The Bertz CT molecular complexity index is 956. The fourth-order valence-corrected chi connectivity index (χ4v) is 3.61. The van der Waals surface area contributed by atoms with Gasteiger partial charge in [-0.25, -0.2) is 14.8 Å². The third kappa shape index (κ3) is 4.55. The summed E-state index contributed by atoms with van der Waals surface area (Å²) in [6, 6.07) is 17.0. The van der Waals surface area contributed by atoms with Gasteiger partial charge >= 0.3 is 6.03 Å². The highest BCUT2D eigenvalue weighted by atomic mass is 35.5. The number of hydrogen-bond donors (Lipinski definition) is 2. The summed E-state index contributed by atoms with van der Waals surface area (Å²) in [4.78, 5) is 21.4. The van der Waals surface area contributed by atoms with Gasteiger partial charge in [0, 0.05) is 23.8 Å². The smallest absolute Gasteiger partial charge is 0.320 e. The minimum atomic E-state index is -0.502. The van der Waals surface area contributed by atoms with Crippen LogP contribution in [0.15, 0.2) is 67.0 Å². The van der Waals surface area contributed by atoms with Gasteiger partial charge in [-0.2, -0.15) is 0 Å². The second kappa shape index (κ2) is 8.59. The molecular formula is C22H21ClN4O2. The standard InChI is InChI=1S/C22H21ClN4O2/c23-18-8-6-17(7-9-18)22(10-12-29-13-11-22)27-21(28)26-19-14-24-20(25-15-19)16-4-2-1-3-5-16/h1-9,14-15H,10-13H2,(H2,26,27,28). The van der Waals surface area contributed by atoms with Gasteiger partial charge in [-0.3, -0.25) is 0 Å². The first kappa shape index (κ1) is 19.4. The number of benzene rings is 2. The molecule has 1 saturated heterocycles. The highest BCUT2D eigenvalue weighted by molar-refractivity contribution is 6.30. The molecule has 148 valence electrons. The molecular weight excluding hydrogens is 388 g/mol. The van der Waals surface area contributed by atoms with Crippen LogP contribution in [0.25, 0.3) is 11.4 Å². The Morgan fingerprint density at radius 1 is 0.966 bits per heavy atom. The molecule has 0 unspecified atom stereocenters. The summed E-state index contributed by atoms with van der Waals surface area (Å²) >= 11 is 6.03. The summed E-state index contributed by atoms with van der Waals surface area (Å²) in [7, 11) is 0. The number of urea groups is 1. The molecule has 1 fully saturated rings. The van der Waals surface area contributed by atoms with E-state index in [1.807, 2.05) is 54.6 Å². The van der Waals surface area contributed by atoms with Crippen molar-refractivity contribution in [3.8, 4) is 11.4 Å². The average molecular weight is 409 g/mol. The van der Waals surface area contributed by atoms with Gasteiger partial charge in [-0.1, -0.05) is 54.1 Å². The normalized spacial score (nSPS) is 15.5. The van der Waals surface area contributed by atoms with Gasteiger partial charge < -0.3 is 15.4 Å². The van der Waals surface area contributed by atoms with Crippen molar-refractivity contribution in [1.29, 1.82) is 0 Å². The third-order valence-electron chi connectivity index (χ3n) is 5.04.